The fraction of sp³-hybridized carbons (Fsp3) is 0.412. The van der Waals surface area contributed by atoms with E-state index in [4.69, 9.17) is 4.98 Å². The van der Waals surface area contributed by atoms with Crippen molar-refractivity contribution in [2.24, 2.45) is 5.92 Å². The van der Waals surface area contributed by atoms with Crippen LogP contribution in [0.1, 0.15) is 17.8 Å². The number of nitrogens with one attached hydrogen (secondary N) is 2. The molecule has 0 aromatic carbocycles. The lowest BCUT2D eigenvalue weighted by Crippen LogP contribution is -2.12. The molecule has 0 radical (unpaired) electrons. The molecule has 0 unspecified atom stereocenters. The second-order valence-corrected chi connectivity index (χ2v) is 5.57. The topological polar surface area (TPSA) is 49.8 Å². The van der Waals surface area contributed by atoms with Crippen LogP contribution in [0.3, 0.4) is 0 Å². The van der Waals surface area contributed by atoms with Crippen molar-refractivity contribution in [3.63, 3.8) is 0 Å². The molecule has 0 bridgehead atoms. The molecular formula is C17H22N4. The Labute approximate surface area is 126 Å². The molecule has 110 valence electrons. The smallest absolute Gasteiger partial charge is 0.126 e. The fourth-order valence-corrected chi connectivity index (χ4v) is 2.74. The number of nitrogens with zero attached hydrogens (tertiary/aromatic N) is 2. The van der Waals surface area contributed by atoms with E-state index >= 15 is 0 Å². The third-order valence-electron chi connectivity index (χ3n) is 3.88. The molecule has 1 atom stereocenters. The Bertz CT molecular complexity index is 550. The first-order chi connectivity index (χ1) is 10.4. The van der Waals surface area contributed by atoms with Gasteiger partial charge in [0.05, 0.1) is 0 Å². The maximum atomic E-state index is 4.71. The molecular weight excluding hydrogens is 260 g/mol. The zero-order valence-corrected chi connectivity index (χ0v) is 12.3. The average Bonchev–Trinajstić information content (AvgIpc) is 3.02. The van der Waals surface area contributed by atoms with E-state index in [9.17, 15) is 0 Å². The summed E-state index contributed by atoms with van der Waals surface area (Å²) in [5.74, 6) is 1.70. The molecule has 3 rings (SSSR count). The second kappa shape index (κ2) is 7.18. The molecule has 0 spiro atoms. The van der Waals surface area contributed by atoms with Gasteiger partial charge in [0.25, 0.3) is 0 Å². The Kier molecular flexibility index (Phi) is 4.79. The second-order valence-electron chi connectivity index (χ2n) is 5.57. The summed E-state index contributed by atoms with van der Waals surface area (Å²) in [6, 6.07) is 12.3. The van der Waals surface area contributed by atoms with Crippen molar-refractivity contribution in [1.82, 2.24) is 15.3 Å². The van der Waals surface area contributed by atoms with Gasteiger partial charge in [-0.1, -0.05) is 12.1 Å². The van der Waals surface area contributed by atoms with Crippen LogP contribution in [-0.4, -0.2) is 29.6 Å². The van der Waals surface area contributed by atoms with Crippen molar-refractivity contribution >= 4 is 5.82 Å². The van der Waals surface area contributed by atoms with Gasteiger partial charge in [-0.2, -0.15) is 0 Å². The Hall–Kier alpha value is -1.94. The molecule has 4 heteroatoms. The van der Waals surface area contributed by atoms with Crippen LogP contribution in [-0.2, 0) is 12.8 Å². The van der Waals surface area contributed by atoms with Crippen molar-refractivity contribution in [2.75, 3.05) is 25.0 Å². The molecule has 1 aliphatic heterocycles. The normalized spacial score (nSPS) is 17.8. The molecule has 2 aromatic rings. The van der Waals surface area contributed by atoms with Crippen molar-refractivity contribution in [3.8, 4) is 0 Å². The highest BCUT2D eigenvalue weighted by Crippen LogP contribution is 2.15. The monoisotopic (exact) mass is 282 g/mol. The largest absolute Gasteiger partial charge is 0.370 e. The van der Waals surface area contributed by atoms with Gasteiger partial charge in [-0.15, -0.1) is 0 Å². The summed E-state index contributed by atoms with van der Waals surface area (Å²) in [5.41, 5.74) is 2.30. The van der Waals surface area contributed by atoms with E-state index < -0.39 is 0 Å². The van der Waals surface area contributed by atoms with Gasteiger partial charge in [0.15, 0.2) is 0 Å². The predicted octanol–water partition coefficient (Wildman–Crippen LogP) is 2.28. The van der Waals surface area contributed by atoms with Gasteiger partial charge in [0, 0.05) is 30.6 Å². The van der Waals surface area contributed by atoms with E-state index in [-0.39, 0.29) is 0 Å². The van der Waals surface area contributed by atoms with E-state index in [1.54, 1.807) is 0 Å². The van der Waals surface area contributed by atoms with Crippen LogP contribution in [0.4, 0.5) is 5.82 Å². The molecule has 1 saturated heterocycles. The van der Waals surface area contributed by atoms with Crippen LogP contribution in [0, 0.1) is 5.92 Å². The average molecular weight is 282 g/mol. The zero-order valence-electron chi connectivity index (χ0n) is 12.3. The maximum absolute atomic E-state index is 4.71. The number of rotatable bonds is 6. The number of anilines is 1. The quantitative estimate of drug-likeness (QED) is 0.853. The maximum Gasteiger partial charge on any atom is 0.126 e. The summed E-state index contributed by atoms with van der Waals surface area (Å²) in [6.07, 6.45) is 5.09. The van der Waals surface area contributed by atoms with E-state index in [0.29, 0.717) is 0 Å². The summed E-state index contributed by atoms with van der Waals surface area (Å²) in [7, 11) is 0. The van der Waals surface area contributed by atoms with Gasteiger partial charge in [-0.3, -0.25) is 4.98 Å². The zero-order chi connectivity index (χ0) is 14.3. The van der Waals surface area contributed by atoms with E-state index in [2.05, 4.69) is 33.8 Å². The molecule has 3 heterocycles. The number of hydrogen-bond donors (Lipinski definition) is 2. The number of hydrogen-bond acceptors (Lipinski definition) is 4. The minimum atomic E-state index is 0.737. The minimum Gasteiger partial charge on any atom is -0.370 e. The van der Waals surface area contributed by atoms with Gasteiger partial charge in [0.2, 0.25) is 0 Å². The first-order valence-corrected chi connectivity index (χ1v) is 7.70. The highest BCUT2D eigenvalue weighted by molar-refractivity contribution is 5.35. The van der Waals surface area contributed by atoms with Crippen molar-refractivity contribution in [2.45, 2.75) is 19.3 Å². The van der Waals surface area contributed by atoms with Crippen LogP contribution < -0.4 is 10.6 Å². The lowest BCUT2D eigenvalue weighted by molar-refractivity contribution is 0.572. The first kappa shape index (κ1) is 14.0. The highest BCUT2D eigenvalue weighted by Gasteiger charge is 2.15. The summed E-state index contributed by atoms with van der Waals surface area (Å²) >= 11 is 0. The van der Waals surface area contributed by atoms with Gasteiger partial charge in [0.1, 0.15) is 5.82 Å². The van der Waals surface area contributed by atoms with Gasteiger partial charge in [-0.05, 0) is 56.1 Å². The fourth-order valence-electron chi connectivity index (χ4n) is 2.74. The summed E-state index contributed by atoms with van der Waals surface area (Å²) in [4.78, 5) is 9.04. The van der Waals surface area contributed by atoms with Gasteiger partial charge >= 0.3 is 0 Å². The van der Waals surface area contributed by atoms with Crippen molar-refractivity contribution < 1.29 is 0 Å². The summed E-state index contributed by atoms with van der Waals surface area (Å²) in [5, 5.41) is 6.80. The number of aromatic nitrogens is 2. The minimum absolute atomic E-state index is 0.737. The molecule has 21 heavy (non-hydrogen) atoms. The van der Waals surface area contributed by atoms with Crippen LogP contribution in [0.5, 0.6) is 0 Å². The molecule has 2 N–H and O–H groups in total. The SMILES string of the molecule is c1ccc(CCNc2cccc(C[C@H]3CCNC3)n2)nc1. The first-order valence-electron chi connectivity index (χ1n) is 7.70. The Morgan fingerprint density at radius 1 is 1.14 bits per heavy atom. The predicted molar refractivity (Wildman–Crippen MR) is 85.3 cm³/mol. The van der Waals surface area contributed by atoms with E-state index in [0.717, 1.165) is 49.9 Å². The van der Waals surface area contributed by atoms with E-state index in [1.165, 1.54) is 12.1 Å². The third kappa shape index (κ3) is 4.26. The molecule has 0 amide bonds. The van der Waals surface area contributed by atoms with Crippen molar-refractivity contribution in [1.29, 1.82) is 0 Å². The van der Waals surface area contributed by atoms with Crippen molar-refractivity contribution in [3.05, 3.63) is 54.0 Å². The Morgan fingerprint density at radius 2 is 2.10 bits per heavy atom. The Morgan fingerprint density at radius 3 is 2.90 bits per heavy atom. The summed E-state index contributed by atoms with van der Waals surface area (Å²) in [6.45, 7) is 3.13. The van der Waals surface area contributed by atoms with E-state index in [1.807, 2.05) is 24.4 Å². The van der Waals surface area contributed by atoms with Crippen LogP contribution >= 0.6 is 0 Å². The van der Waals surface area contributed by atoms with Crippen LogP contribution in [0.25, 0.3) is 0 Å². The molecule has 0 aliphatic carbocycles. The standard InChI is InChI=1S/C17H22N4/c1-2-9-19-15(4-1)8-11-20-17-6-3-5-16(21-17)12-14-7-10-18-13-14/h1-6,9,14,18H,7-8,10-13H2,(H,20,21)/t14-/m1/s1. The Balaban J connectivity index is 1.51. The van der Waals surface area contributed by atoms with Gasteiger partial charge in [-0.25, -0.2) is 4.98 Å². The highest BCUT2D eigenvalue weighted by atomic mass is 15.0. The molecule has 2 aromatic heterocycles. The third-order valence-corrected chi connectivity index (χ3v) is 3.88. The molecule has 4 nitrogen and oxygen atoms in total. The molecule has 1 aliphatic rings. The van der Waals surface area contributed by atoms with Crippen LogP contribution in [0.15, 0.2) is 42.6 Å². The van der Waals surface area contributed by atoms with Crippen LogP contribution in [0.2, 0.25) is 0 Å². The number of pyridine rings is 2. The summed E-state index contributed by atoms with van der Waals surface area (Å²) < 4.78 is 0. The molecule has 0 saturated carbocycles. The molecule has 1 fully saturated rings. The lowest BCUT2D eigenvalue weighted by Gasteiger charge is -2.10. The lowest BCUT2D eigenvalue weighted by atomic mass is 10.0. The van der Waals surface area contributed by atoms with Gasteiger partial charge < -0.3 is 10.6 Å².